The van der Waals surface area contributed by atoms with Gasteiger partial charge in [-0.25, -0.2) is 4.79 Å². The summed E-state index contributed by atoms with van der Waals surface area (Å²) in [5, 5.41) is 23.6. The third-order valence-corrected chi connectivity index (χ3v) is 11.7. The molecule has 11 atom stereocenters. The predicted molar refractivity (Wildman–Crippen MR) is 130 cm³/mol. The van der Waals surface area contributed by atoms with E-state index in [4.69, 9.17) is 14.2 Å². The second-order valence-corrected chi connectivity index (χ2v) is 13.3. The Kier molecular flexibility index (Phi) is 5.95. The molecule has 5 fully saturated rings. The van der Waals surface area contributed by atoms with E-state index >= 15 is 0 Å². The molecule has 2 heterocycles. The van der Waals surface area contributed by atoms with Gasteiger partial charge in [0.15, 0.2) is 6.29 Å². The van der Waals surface area contributed by atoms with E-state index in [1.807, 2.05) is 0 Å². The molecular weight excluding hydrogens is 444 g/mol. The van der Waals surface area contributed by atoms with E-state index in [0.29, 0.717) is 24.4 Å². The van der Waals surface area contributed by atoms with E-state index in [0.717, 1.165) is 63.4 Å². The van der Waals surface area contributed by atoms with Crippen molar-refractivity contribution in [2.45, 2.75) is 122 Å². The van der Waals surface area contributed by atoms with Crippen molar-refractivity contribution in [3.05, 3.63) is 11.6 Å². The summed E-state index contributed by atoms with van der Waals surface area (Å²) in [4.78, 5) is 11.8. The Balaban J connectivity index is 1.19. The maximum atomic E-state index is 12.4. The summed E-state index contributed by atoms with van der Waals surface area (Å²) in [6, 6.07) is 0. The van der Waals surface area contributed by atoms with Gasteiger partial charge in [-0.3, -0.25) is 0 Å². The molecule has 6 heteroatoms. The molecule has 6 aliphatic rings. The van der Waals surface area contributed by atoms with Crippen molar-refractivity contribution >= 4 is 5.97 Å². The van der Waals surface area contributed by atoms with Crippen LogP contribution in [0.1, 0.15) is 91.4 Å². The first kappa shape index (κ1) is 24.4. The Morgan fingerprint density at radius 2 is 1.89 bits per heavy atom. The van der Waals surface area contributed by atoms with Gasteiger partial charge in [0.05, 0.1) is 23.9 Å². The van der Waals surface area contributed by atoms with Crippen LogP contribution in [0.3, 0.4) is 0 Å². The van der Waals surface area contributed by atoms with Gasteiger partial charge in [-0.1, -0.05) is 13.8 Å². The average molecular weight is 489 g/mol. The zero-order valence-corrected chi connectivity index (χ0v) is 21.7. The number of rotatable bonds is 3. The van der Waals surface area contributed by atoms with Gasteiger partial charge in [-0.2, -0.15) is 0 Å². The molecule has 4 aliphatic carbocycles. The van der Waals surface area contributed by atoms with Gasteiger partial charge < -0.3 is 24.4 Å². The number of fused-ring (bicyclic) bond motifs is 5. The van der Waals surface area contributed by atoms with Gasteiger partial charge in [0.2, 0.25) is 0 Å². The number of carbonyl (C=O) groups excluding carboxylic acids is 1. The largest absolute Gasteiger partial charge is 0.458 e. The normalized spacial score (nSPS) is 53.9. The van der Waals surface area contributed by atoms with E-state index < -0.39 is 17.1 Å². The Hall–Kier alpha value is -0.950. The van der Waals surface area contributed by atoms with E-state index in [1.165, 1.54) is 6.42 Å². The fourth-order valence-electron chi connectivity index (χ4n) is 9.86. The van der Waals surface area contributed by atoms with Crippen molar-refractivity contribution < 1.29 is 29.2 Å². The second-order valence-electron chi connectivity index (χ2n) is 13.3. The Morgan fingerprint density at radius 1 is 1.06 bits per heavy atom. The van der Waals surface area contributed by atoms with Crippen LogP contribution in [0.4, 0.5) is 0 Å². The third kappa shape index (κ3) is 3.68. The predicted octanol–water partition coefficient (Wildman–Crippen LogP) is 4.51. The van der Waals surface area contributed by atoms with Crippen molar-refractivity contribution in [2.75, 3.05) is 6.61 Å². The Bertz CT molecular complexity index is 886. The summed E-state index contributed by atoms with van der Waals surface area (Å²) in [6.45, 7) is 7.04. The molecule has 196 valence electrons. The van der Waals surface area contributed by atoms with Crippen LogP contribution in [-0.2, 0) is 19.0 Å². The summed E-state index contributed by atoms with van der Waals surface area (Å²) >= 11 is 0. The first-order valence-electron chi connectivity index (χ1n) is 14.2. The van der Waals surface area contributed by atoms with E-state index in [9.17, 15) is 15.0 Å². The van der Waals surface area contributed by atoms with Crippen molar-refractivity contribution in [2.24, 2.45) is 34.5 Å². The third-order valence-electron chi connectivity index (χ3n) is 11.7. The van der Waals surface area contributed by atoms with Gasteiger partial charge in [0.1, 0.15) is 6.61 Å². The minimum absolute atomic E-state index is 0.0433. The van der Waals surface area contributed by atoms with Crippen molar-refractivity contribution in [3.63, 3.8) is 0 Å². The second kappa shape index (κ2) is 8.54. The van der Waals surface area contributed by atoms with Crippen LogP contribution in [0, 0.1) is 34.5 Å². The Morgan fingerprint density at radius 3 is 2.63 bits per heavy atom. The quantitative estimate of drug-likeness (QED) is 0.449. The van der Waals surface area contributed by atoms with Crippen LogP contribution < -0.4 is 0 Å². The fraction of sp³-hybridized carbons (Fsp3) is 0.897. The van der Waals surface area contributed by atoms with Crippen molar-refractivity contribution in [3.8, 4) is 0 Å². The molecule has 0 radical (unpaired) electrons. The first-order chi connectivity index (χ1) is 16.6. The van der Waals surface area contributed by atoms with Crippen LogP contribution in [0.5, 0.6) is 0 Å². The number of carbonyl (C=O) groups is 1. The molecule has 1 unspecified atom stereocenters. The number of ether oxygens (including phenoxy) is 3. The molecule has 1 saturated heterocycles. The lowest BCUT2D eigenvalue weighted by atomic mass is 9.43. The molecule has 0 aromatic carbocycles. The monoisotopic (exact) mass is 488 g/mol. The van der Waals surface area contributed by atoms with Gasteiger partial charge in [0, 0.05) is 23.8 Å². The molecule has 0 spiro atoms. The van der Waals surface area contributed by atoms with E-state index in [-0.39, 0.29) is 42.2 Å². The summed E-state index contributed by atoms with van der Waals surface area (Å²) in [5.74, 6) is 0.753. The number of esters is 1. The highest BCUT2D eigenvalue weighted by Crippen LogP contribution is 2.70. The van der Waals surface area contributed by atoms with Crippen molar-refractivity contribution in [1.82, 2.24) is 0 Å². The maximum Gasteiger partial charge on any atom is 0.331 e. The number of aliphatic hydroxyl groups excluding tert-OH is 1. The van der Waals surface area contributed by atoms with Crippen molar-refractivity contribution in [1.29, 1.82) is 0 Å². The topological polar surface area (TPSA) is 85.2 Å². The van der Waals surface area contributed by atoms with Crippen LogP contribution in [0.2, 0.25) is 0 Å². The SMILES string of the molecule is C[C@@H]1CCC[C@H](O[C@H]2CC[C@]3(C)C4CC[C@]5(C)[C@@H](C6=CC(=O)OC6)[C@@H](O)C[C@]5(O)[C@@H]4CC[C@@H]3C2)O1. The number of cyclic esters (lactones) is 1. The molecule has 0 aromatic heterocycles. The van der Waals surface area contributed by atoms with E-state index in [2.05, 4.69) is 20.8 Å². The molecule has 2 N–H and O–H groups in total. The summed E-state index contributed by atoms with van der Waals surface area (Å²) < 4.78 is 17.7. The van der Waals surface area contributed by atoms with Crippen LogP contribution in [0.15, 0.2) is 11.6 Å². The summed E-state index contributed by atoms with van der Waals surface area (Å²) in [5.41, 5.74) is -0.252. The highest BCUT2D eigenvalue weighted by Gasteiger charge is 2.70. The zero-order valence-electron chi connectivity index (χ0n) is 21.7. The molecule has 35 heavy (non-hydrogen) atoms. The highest BCUT2D eigenvalue weighted by molar-refractivity contribution is 5.85. The van der Waals surface area contributed by atoms with Crippen LogP contribution in [0.25, 0.3) is 0 Å². The standard InChI is InChI=1S/C29H44O6/c1-17-5-4-6-25(34-17)35-20-9-11-27(2)19(14-20)7-8-22-21(27)10-12-28(3)26(18-13-24(31)33-16-18)23(30)15-29(22,28)32/h13,17,19-23,25-26,30,32H,4-12,14-16H2,1-3H3/t17-,19-,20+,21?,22-,23+,25+,26+,27+,28-,29+/m1/s1. The molecule has 0 amide bonds. The zero-order chi connectivity index (χ0) is 24.6. The highest BCUT2D eigenvalue weighted by atomic mass is 16.7. The minimum Gasteiger partial charge on any atom is -0.458 e. The molecule has 6 rings (SSSR count). The number of hydrogen-bond acceptors (Lipinski definition) is 6. The van der Waals surface area contributed by atoms with Gasteiger partial charge in [0.25, 0.3) is 0 Å². The molecular formula is C29H44O6. The van der Waals surface area contributed by atoms with Gasteiger partial charge >= 0.3 is 5.97 Å². The number of hydrogen-bond donors (Lipinski definition) is 2. The summed E-state index contributed by atoms with van der Waals surface area (Å²) in [6.07, 6.45) is 12.6. The summed E-state index contributed by atoms with van der Waals surface area (Å²) in [7, 11) is 0. The fourth-order valence-corrected chi connectivity index (χ4v) is 9.86. The average Bonchev–Trinajstić information content (AvgIpc) is 3.30. The minimum atomic E-state index is -0.903. The van der Waals surface area contributed by atoms with Crippen LogP contribution >= 0.6 is 0 Å². The van der Waals surface area contributed by atoms with Gasteiger partial charge in [-0.05, 0) is 99.9 Å². The van der Waals surface area contributed by atoms with E-state index in [1.54, 1.807) is 6.08 Å². The first-order valence-corrected chi connectivity index (χ1v) is 14.2. The lowest BCUT2D eigenvalue weighted by molar-refractivity contribution is -0.238. The smallest absolute Gasteiger partial charge is 0.331 e. The molecule has 0 aromatic rings. The molecule has 0 bridgehead atoms. The molecule has 6 nitrogen and oxygen atoms in total. The molecule has 2 aliphatic heterocycles. The lowest BCUT2D eigenvalue weighted by Gasteiger charge is -2.63. The maximum absolute atomic E-state index is 12.4. The van der Waals surface area contributed by atoms with Crippen LogP contribution in [-0.4, -0.2) is 53.0 Å². The Labute approximate surface area is 209 Å². The van der Waals surface area contributed by atoms with Gasteiger partial charge in [-0.15, -0.1) is 0 Å². The lowest BCUT2D eigenvalue weighted by Crippen LogP contribution is -2.62. The molecule has 4 saturated carbocycles. The number of aliphatic hydroxyl groups is 2.